The molecular weight excluding hydrogens is 245 g/mol. The number of aliphatic hydroxyl groups excluding tert-OH is 1. The molecule has 0 spiro atoms. The van der Waals surface area contributed by atoms with Crippen LogP contribution in [0.4, 0.5) is 19.0 Å². The van der Waals surface area contributed by atoms with Crippen molar-refractivity contribution < 1.29 is 18.3 Å². The van der Waals surface area contributed by atoms with Crippen LogP contribution >= 0.6 is 0 Å². The number of alkyl halides is 3. The summed E-state index contributed by atoms with van der Waals surface area (Å²) >= 11 is 0. The highest BCUT2D eigenvalue weighted by Gasteiger charge is 2.34. The van der Waals surface area contributed by atoms with E-state index >= 15 is 0 Å². The summed E-state index contributed by atoms with van der Waals surface area (Å²) in [4.78, 5) is 5.30. The summed E-state index contributed by atoms with van der Waals surface area (Å²) < 4.78 is 38.3. The molecule has 1 aromatic heterocycles. The van der Waals surface area contributed by atoms with Crippen molar-refractivity contribution in [3.8, 4) is 0 Å². The molecule has 0 unspecified atom stereocenters. The molecule has 0 bridgehead atoms. The van der Waals surface area contributed by atoms with Crippen molar-refractivity contribution in [2.45, 2.75) is 25.4 Å². The number of unbranched alkanes of at least 4 members (excludes halogenated alkanes) is 2. The standard InChI is InChI=1S/C12H17F3N2O/c1-17(8-3-2-4-9-18)11-10(12(13,14)15)6-5-7-16-11/h5-7,18H,2-4,8-9H2,1H3. The second-order valence-corrected chi connectivity index (χ2v) is 4.08. The third kappa shape index (κ3) is 4.18. The lowest BCUT2D eigenvalue weighted by atomic mass is 10.2. The lowest BCUT2D eigenvalue weighted by molar-refractivity contribution is -0.137. The van der Waals surface area contributed by atoms with E-state index in [-0.39, 0.29) is 12.4 Å². The molecule has 18 heavy (non-hydrogen) atoms. The predicted molar refractivity (Wildman–Crippen MR) is 63.4 cm³/mol. The lowest BCUT2D eigenvalue weighted by Crippen LogP contribution is -2.23. The number of halogens is 3. The van der Waals surface area contributed by atoms with Gasteiger partial charge in [0.05, 0.1) is 5.56 Å². The summed E-state index contributed by atoms with van der Waals surface area (Å²) in [5, 5.41) is 8.62. The first-order valence-electron chi connectivity index (χ1n) is 5.81. The van der Waals surface area contributed by atoms with Crippen LogP contribution in [0.15, 0.2) is 18.3 Å². The van der Waals surface area contributed by atoms with Crippen LogP contribution in [0.3, 0.4) is 0 Å². The second kappa shape index (κ2) is 6.58. The molecule has 0 aliphatic rings. The molecule has 0 aromatic carbocycles. The molecule has 1 N–H and O–H groups in total. The minimum absolute atomic E-state index is 0.0472. The molecule has 0 fully saturated rings. The summed E-state index contributed by atoms with van der Waals surface area (Å²) in [6, 6.07) is 2.32. The number of pyridine rings is 1. The number of hydrogen-bond acceptors (Lipinski definition) is 3. The largest absolute Gasteiger partial charge is 0.419 e. The Morgan fingerprint density at radius 1 is 1.28 bits per heavy atom. The highest BCUT2D eigenvalue weighted by molar-refractivity contribution is 5.47. The van der Waals surface area contributed by atoms with Crippen molar-refractivity contribution in [3.63, 3.8) is 0 Å². The summed E-state index contributed by atoms with van der Waals surface area (Å²) in [5.41, 5.74) is -0.713. The second-order valence-electron chi connectivity index (χ2n) is 4.08. The van der Waals surface area contributed by atoms with E-state index in [4.69, 9.17) is 5.11 Å². The highest BCUT2D eigenvalue weighted by atomic mass is 19.4. The molecule has 0 saturated heterocycles. The summed E-state index contributed by atoms with van der Waals surface area (Å²) in [5.74, 6) is -0.0472. The van der Waals surface area contributed by atoms with E-state index in [0.29, 0.717) is 13.0 Å². The average molecular weight is 262 g/mol. The molecule has 0 saturated carbocycles. The molecule has 6 heteroatoms. The Labute approximate surface area is 104 Å². The van der Waals surface area contributed by atoms with Crippen LogP contribution in [0.25, 0.3) is 0 Å². The van der Waals surface area contributed by atoms with Crippen molar-refractivity contribution in [1.29, 1.82) is 0 Å². The van der Waals surface area contributed by atoms with Crippen molar-refractivity contribution >= 4 is 5.82 Å². The number of hydrogen-bond donors (Lipinski definition) is 1. The van der Waals surface area contributed by atoms with Gasteiger partial charge >= 0.3 is 6.18 Å². The van der Waals surface area contributed by atoms with E-state index in [9.17, 15) is 13.2 Å². The molecule has 102 valence electrons. The zero-order valence-electron chi connectivity index (χ0n) is 10.2. The fraction of sp³-hybridized carbons (Fsp3) is 0.583. The van der Waals surface area contributed by atoms with Gasteiger partial charge < -0.3 is 10.0 Å². The zero-order valence-corrected chi connectivity index (χ0v) is 10.2. The Kier molecular flexibility index (Phi) is 5.40. The molecule has 1 heterocycles. The van der Waals surface area contributed by atoms with E-state index in [1.807, 2.05) is 0 Å². The minimum Gasteiger partial charge on any atom is -0.396 e. The van der Waals surface area contributed by atoms with E-state index in [1.54, 1.807) is 7.05 Å². The van der Waals surface area contributed by atoms with Crippen molar-refractivity contribution in [2.75, 3.05) is 25.1 Å². The van der Waals surface area contributed by atoms with Gasteiger partial charge in [-0.1, -0.05) is 0 Å². The first-order valence-corrected chi connectivity index (χ1v) is 5.81. The van der Waals surface area contributed by atoms with Gasteiger partial charge in [0.1, 0.15) is 5.82 Å². The highest BCUT2D eigenvalue weighted by Crippen LogP contribution is 2.34. The molecule has 0 aliphatic heterocycles. The maximum absolute atomic E-state index is 12.8. The molecule has 1 rings (SSSR count). The van der Waals surface area contributed by atoms with Crippen LogP contribution in [-0.2, 0) is 6.18 Å². The first-order chi connectivity index (χ1) is 8.46. The van der Waals surface area contributed by atoms with Crippen LogP contribution in [-0.4, -0.2) is 30.3 Å². The lowest BCUT2D eigenvalue weighted by Gasteiger charge is -2.21. The van der Waals surface area contributed by atoms with Crippen LogP contribution in [0.2, 0.25) is 0 Å². The monoisotopic (exact) mass is 262 g/mol. The van der Waals surface area contributed by atoms with Crippen LogP contribution in [0, 0.1) is 0 Å². The molecule has 1 aromatic rings. The topological polar surface area (TPSA) is 36.4 Å². The van der Waals surface area contributed by atoms with E-state index in [1.165, 1.54) is 17.2 Å². The third-order valence-corrected chi connectivity index (χ3v) is 2.61. The van der Waals surface area contributed by atoms with E-state index < -0.39 is 11.7 Å². The summed E-state index contributed by atoms with van der Waals surface area (Å²) in [6.45, 7) is 0.598. The van der Waals surface area contributed by atoms with Crippen molar-refractivity contribution in [2.24, 2.45) is 0 Å². The average Bonchev–Trinajstić information content (AvgIpc) is 2.33. The van der Waals surface area contributed by atoms with E-state index in [2.05, 4.69) is 4.98 Å². The van der Waals surface area contributed by atoms with Crippen LogP contribution in [0.1, 0.15) is 24.8 Å². The van der Waals surface area contributed by atoms with Crippen LogP contribution < -0.4 is 4.90 Å². The van der Waals surface area contributed by atoms with Crippen LogP contribution in [0.5, 0.6) is 0 Å². The Morgan fingerprint density at radius 2 is 2.00 bits per heavy atom. The predicted octanol–water partition coefficient (Wildman–Crippen LogP) is 2.70. The Balaban J connectivity index is 2.70. The van der Waals surface area contributed by atoms with E-state index in [0.717, 1.165) is 18.9 Å². The quantitative estimate of drug-likeness (QED) is 0.801. The number of anilines is 1. The molecule has 3 nitrogen and oxygen atoms in total. The summed E-state index contributed by atoms with van der Waals surface area (Å²) in [7, 11) is 1.59. The minimum atomic E-state index is -4.39. The van der Waals surface area contributed by atoms with Gasteiger partial charge in [0.25, 0.3) is 0 Å². The zero-order chi connectivity index (χ0) is 13.6. The van der Waals surface area contributed by atoms with Gasteiger partial charge in [-0.25, -0.2) is 4.98 Å². The molecule has 0 amide bonds. The smallest absolute Gasteiger partial charge is 0.396 e. The fourth-order valence-corrected chi connectivity index (χ4v) is 1.67. The Hall–Kier alpha value is -1.30. The van der Waals surface area contributed by atoms with Gasteiger partial charge in [-0.05, 0) is 31.4 Å². The molecule has 0 aliphatic carbocycles. The SMILES string of the molecule is CN(CCCCCO)c1ncccc1C(F)(F)F. The number of rotatable bonds is 6. The molecule has 0 atom stereocenters. The Bertz CT molecular complexity index is 369. The van der Waals surface area contributed by atoms with Gasteiger partial charge in [0.15, 0.2) is 0 Å². The van der Waals surface area contributed by atoms with Gasteiger partial charge in [0, 0.05) is 26.4 Å². The first kappa shape index (κ1) is 14.8. The maximum atomic E-state index is 12.8. The van der Waals surface area contributed by atoms with Gasteiger partial charge in [-0.3, -0.25) is 0 Å². The van der Waals surface area contributed by atoms with Gasteiger partial charge in [-0.2, -0.15) is 13.2 Å². The molecular formula is C12H17F3N2O. The Morgan fingerprint density at radius 3 is 2.61 bits per heavy atom. The summed E-state index contributed by atoms with van der Waals surface area (Å²) in [6.07, 6.45) is -0.847. The van der Waals surface area contributed by atoms with Gasteiger partial charge in [-0.15, -0.1) is 0 Å². The van der Waals surface area contributed by atoms with Crippen molar-refractivity contribution in [3.05, 3.63) is 23.9 Å². The third-order valence-electron chi connectivity index (χ3n) is 2.61. The normalized spacial score (nSPS) is 11.6. The number of aliphatic hydroxyl groups is 1. The molecule has 0 radical (unpaired) electrons. The fourth-order valence-electron chi connectivity index (χ4n) is 1.67. The number of aromatic nitrogens is 1. The number of nitrogens with zero attached hydrogens (tertiary/aromatic N) is 2. The van der Waals surface area contributed by atoms with Gasteiger partial charge in [0.2, 0.25) is 0 Å². The van der Waals surface area contributed by atoms with Crippen molar-refractivity contribution in [1.82, 2.24) is 4.98 Å². The maximum Gasteiger partial charge on any atom is 0.419 e.